The fourth-order valence-corrected chi connectivity index (χ4v) is 1.49. The van der Waals surface area contributed by atoms with Crippen LogP contribution < -0.4 is 5.73 Å². The van der Waals surface area contributed by atoms with Gasteiger partial charge in [0.2, 0.25) is 0 Å². The molecular formula is C13H18F3NO. The summed E-state index contributed by atoms with van der Waals surface area (Å²) in [7, 11) is 0. The normalized spacial score (nSPS) is 13.6. The Labute approximate surface area is 105 Å². The van der Waals surface area contributed by atoms with E-state index in [1.807, 2.05) is 24.3 Å². The van der Waals surface area contributed by atoms with Crippen molar-refractivity contribution in [2.45, 2.75) is 32.0 Å². The first-order valence-corrected chi connectivity index (χ1v) is 5.91. The molecule has 0 saturated heterocycles. The van der Waals surface area contributed by atoms with Crippen LogP contribution in [0.5, 0.6) is 0 Å². The van der Waals surface area contributed by atoms with Gasteiger partial charge in [-0.05, 0) is 17.5 Å². The minimum absolute atomic E-state index is 0.0988. The maximum Gasteiger partial charge on any atom is 0.391 e. The first-order chi connectivity index (χ1) is 8.42. The Balaban J connectivity index is 2.33. The monoisotopic (exact) mass is 261 g/mol. The lowest BCUT2D eigenvalue weighted by atomic mass is 10.1. The van der Waals surface area contributed by atoms with Gasteiger partial charge in [-0.15, -0.1) is 0 Å². The number of ether oxygens (including phenoxy) is 1. The zero-order valence-electron chi connectivity index (χ0n) is 10.3. The fraction of sp³-hybridized carbons (Fsp3) is 0.538. The third kappa shape index (κ3) is 5.51. The van der Waals surface area contributed by atoms with Crippen LogP contribution in [-0.4, -0.2) is 19.4 Å². The molecule has 0 aliphatic rings. The molecule has 0 amide bonds. The molecule has 0 heterocycles. The van der Waals surface area contributed by atoms with Crippen molar-refractivity contribution in [3.05, 3.63) is 35.4 Å². The van der Waals surface area contributed by atoms with E-state index < -0.39 is 12.6 Å². The standard InChI is InChI=1S/C13H18F3NO/c1-2-10-3-5-11(6-4-10)12(17)9-18-8-7-13(14,15)16/h3-6,12H,2,7-9,17H2,1H3. The van der Waals surface area contributed by atoms with E-state index in [2.05, 4.69) is 6.92 Å². The summed E-state index contributed by atoms with van der Waals surface area (Å²) in [5, 5.41) is 0. The number of rotatable bonds is 6. The molecule has 0 fully saturated rings. The number of hydrogen-bond acceptors (Lipinski definition) is 2. The third-order valence-electron chi connectivity index (χ3n) is 2.64. The van der Waals surface area contributed by atoms with E-state index in [4.69, 9.17) is 10.5 Å². The van der Waals surface area contributed by atoms with E-state index in [-0.39, 0.29) is 19.3 Å². The van der Waals surface area contributed by atoms with Crippen molar-refractivity contribution in [1.82, 2.24) is 0 Å². The second kappa shape index (κ2) is 6.75. The van der Waals surface area contributed by atoms with Gasteiger partial charge >= 0.3 is 6.18 Å². The van der Waals surface area contributed by atoms with E-state index in [1.54, 1.807) is 0 Å². The average molecular weight is 261 g/mol. The van der Waals surface area contributed by atoms with Crippen LogP contribution in [0, 0.1) is 0 Å². The van der Waals surface area contributed by atoms with Gasteiger partial charge in [0.1, 0.15) is 0 Å². The van der Waals surface area contributed by atoms with Gasteiger partial charge in [-0.3, -0.25) is 0 Å². The van der Waals surface area contributed by atoms with E-state index >= 15 is 0 Å². The van der Waals surface area contributed by atoms with Crippen molar-refractivity contribution in [3.63, 3.8) is 0 Å². The lowest BCUT2D eigenvalue weighted by molar-refractivity contribution is -0.145. The van der Waals surface area contributed by atoms with Gasteiger partial charge in [0.05, 0.1) is 25.7 Å². The smallest absolute Gasteiger partial charge is 0.379 e. The molecule has 18 heavy (non-hydrogen) atoms. The summed E-state index contributed by atoms with van der Waals surface area (Å²) in [5.41, 5.74) is 7.90. The highest BCUT2D eigenvalue weighted by Gasteiger charge is 2.26. The Kier molecular flexibility index (Phi) is 5.62. The van der Waals surface area contributed by atoms with E-state index in [0.717, 1.165) is 12.0 Å². The minimum atomic E-state index is -4.17. The minimum Gasteiger partial charge on any atom is -0.379 e. The molecule has 0 spiro atoms. The number of hydrogen-bond donors (Lipinski definition) is 1. The predicted molar refractivity (Wildman–Crippen MR) is 64.2 cm³/mol. The highest BCUT2D eigenvalue weighted by molar-refractivity contribution is 5.24. The molecule has 1 atom stereocenters. The quantitative estimate of drug-likeness (QED) is 0.798. The molecule has 0 aromatic heterocycles. The summed E-state index contributed by atoms with van der Waals surface area (Å²) in [5.74, 6) is 0. The van der Waals surface area contributed by atoms with E-state index in [1.165, 1.54) is 5.56 Å². The zero-order chi connectivity index (χ0) is 13.6. The summed E-state index contributed by atoms with van der Waals surface area (Å²) in [6.45, 7) is 1.81. The Morgan fingerprint density at radius 1 is 1.22 bits per heavy atom. The van der Waals surface area contributed by atoms with Crippen LogP contribution in [-0.2, 0) is 11.2 Å². The third-order valence-corrected chi connectivity index (χ3v) is 2.64. The summed E-state index contributed by atoms with van der Waals surface area (Å²) < 4.78 is 40.6. The largest absolute Gasteiger partial charge is 0.391 e. The molecule has 0 saturated carbocycles. The Morgan fingerprint density at radius 3 is 2.33 bits per heavy atom. The summed E-state index contributed by atoms with van der Waals surface area (Å²) in [4.78, 5) is 0. The van der Waals surface area contributed by atoms with Crippen LogP contribution in [0.25, 0.3) is 0 Å². The van der Waals surface area contributed by atoms with Crippen LogP contribution in [0.15, 0.2) is 24.3 Å². The van der Waals surface area contributed by atoms with Crippen LogP contribution in [0.1, 0.15) is 30.5 Å². The molecule has 0 radical (unpaired) electrons. The summed E-state index contributed by atoms with van der Waals surface area (Å²) in [6.07, 6.45) is -4.17. The first-order valence-electron chi connectivity index (χ1n) is 5.91. The van der Waals surface area contributed by atoms with Crippen molar-refractivity contribution >= 4 is 0 Å². The Hall–Kier alpha value is -1.07. The van der Waals surface area contributed by atoms with Gasteiger partial charge in [-0.1, -0.05) is 31.2 Å². The van der Waals surface area contributed by atoms with Crippen LogP contribution in [0.2, 0.25) is 0 Å². The van der Waals surface area contributed by atoms with E-state index in [9.17, 15) is 13.2 Å². The molecule has 1 aromatic carbocycles. The number of aryl methyl sites for hydroxylation is 1. The highest BCUT2D eigenvalue weighted by atomic mass is 19.4. The van der Waals surface area contributed by atoms with Gasteiger partial charge in [0.25, 0.3) is 0 Å². The first kappa shape index (κ1) is 15.0. The highest BCUT2D eigenvalue weighted by Crippen LogP contribution is 2.19. The second-order valence-corrected chi connectivity index (χ2v) is 4.14. The second-order valence-electron chi connectivity index (χ2n) is 4.14. The Bertz CT molecular complexity index is 348. The zero-order valence-corrected chi connectivity index (χ0v) is 10.3. The molecule has 2 N–H and O–H groups in total. The molecule has 0 bridgehead atoms. The molecule has 5 heteroatoms. The number of nitrogens with two attached hydrogens (primary N) is 1. The van der Waals surface area contributed by atoms with Crippen molar-refractivity contribution in [2.75, 3.05) is 13.2 Å². The van der Waals surface area contributed by atoms with Gasteiger partial charge in [-0.25, -0.2) is 0 Å². The fourth-order valence-electron chi connectivity index (χ4n) is 1.49. The van der Waals surface area contributed by atoms with Gasteiger partial charge in [0, 0.05) is 0 Å². The van der Waals surface area contributed by atoms with Crippen LogP contribution >= 0.6 is 0 Å². The average Bonchev–Trinajstić information content (AvgIpc) is 2.33. The molecular weight excluding hydrogens is 243 g/mol. The Morgan fingerprint density at radius 2 is 1.83 bits per heavy atom. The van der Waals surface area contributed by atoms with E-state index in [0.29, 0.717) is 0 Å². The molecule has 1 unspecified atom stereocenters. The number of alkyl halides is 3. The van der Waals surface area contributed by atoms with Gasteiger partial charge in [-0.2, -0.15) is 13.2 Å². The lowest BCUT2D eigenvalue weighted by Crippen LogP contribution is -2.19. The predicted octanol–water partition coefficient (Wildman–Crippen LogP) is 3.22. The van der Waals surface area contributed by atoms with Crippen molar-refractivity contribution < 1.29 is 17.9 Å². The topological polar surface area (TPSA) is 35.2 Å². The van der Waals surface area contributed by atoms with Gasteiger partial charge < -0.3 is 10.5 Å². The molecule has 0 aliphatic carbocycles. The van der Waals surface area contributed by atoms with Crippen LogP contribution in [0.4, 0.5) is 13.2 Å². The molecule has 102 valence electrons. The maximum atomic E-state index is 11.9. The molecule has 1 aromatic rings. The molecule has 0 aliphatic heterocycles. The molecule has 1 rings (SSSR count). The van der Waals surface area contributed by atoms with Crippen molar-refractivity contribution in [1.29, 1.82) is 0 Å². The van der Waals surface area contributed by atoms with Crippen molar-refractivity contribution in [3.8, 4) is 0 Å². The summed E-state index contributed by atoms with van der Waals surface area (Å²) in [6, 6.07) is 7.31. The lowest BCUT2D eigenvalue weighted by Gasteiger charge is -2.13. The van der Waals surface area contributed by atoms with Gasteiger partial charge in [0.15, 0.2) is 0 Å². The SMILES string of the molecule is CCc1ccc(C(N)COCCC(F)(F)F)cc1. The summed E-state index contributed by atoms with van der Waals surface area (Å²) >= 11 is 0. The van der Waals surface area contributed by atoms with Crippen molar-refractivity contribution in [2.24, 2.45) is 5.73 Å². The number of benzene rings is 1. The maximum absolute atomic E-state index is 11.9. The molecule has 2 nitrogen and oxygen atoms in total. The van der Waals surface area contributed by atoms with Crippen LogP contribution in [0.3, 0.4) is 0 Å². The number of halogens is 3.